The van der Waals surface area contributed by atoms with Gasteiger partial charge in [0.05, 0.1) is 0 Å². The predicted octanol–water partition coefficient (Wildman–Crippen LogP) is 1.25. The van der Waals surface area contributed by atoms with Crippen LogP contribution in [0.4, 0.5) is 0 Å². The van der Waals surface area contributed by atoms with Crippen LogP contribution in [0.2, 0.25) is 0 Å². The maximum Gasteiger partial charge on any atom is 0.323 e. The number of carboxylic acids is 1. The first-order valence-electron chi connectivity index (χ1n) is 7.93. The van der Waals surface area contributed by atoms with Gasteiger partial charge in [-0.2, -0.15) is 0 Å². The van der Waals surface area contributed by atoms with Gasteiger partial charge in [-0.25, -0.2) is 0 Å². The molecule has 0 spiro atoms. The Morgan fingerprint density at radius 2 is 2.00 bits per heavy atom. The summed E-state index contributed by atoms with van der Waals surface area (Å²) in [5, 5.41) is 12.7. The Balaban J connectivity index is 2.41. The highest BCUT2D eigenvalue weighted by Crippen LogP contribution is 2.18. The lowest BCUT2D eigenvalue weighted by Gasteiger charge is -2.30. The molecule has 2 N–H and O–H groups in total. The summed E-state index contributed by atoms with van der Waals surface area (Å²) in [6.45, 7) is 10.2. The monoisotopic (exact) mass is 285 g/mol. The topological polar surface area (TPSA) is 55.8 Å². The number of aliphatic carboxylic acids is 1. The van der Waals surface area contributed by atoms with Crippen LogP contribution < -0.4 is 5.32 Å². The number of likely N-dealkylation sites (N-methyl/N-ethyl adjacent to an activating group) is 2. The number of rotatable bonds is 8. The summed E-state index contributed by atoms with van der Waals surface area (Å²) in [6.07, 6.45) is 3.50. The SMILES string of the molecule is CCNC(CC)(CCCN1CCCN(C)CC1)C(=O)O. The first kappa shape index (κ1) is 17.4. The van der Waals surface area contributed by atoms with Gasteiger partial charge < -0.3 is 20.2 Å². The molecule has 20 heavy (non-hydrogen) atoms. The molecule has 1 aliphatic rings. The van der Waals surface area contributed by atoms with Crippen molar-refractivity contribution in [1.82, 2.24) is 15.1 Å². The van der Waals surface area contributed by atoms with E-state index in [4.69, 9.17) is 0 Å². The fourth-order valence-corrected chi connectivity index (χ4v) is 2.99. The van der Waals surface area contributed by atoms with E-state index in [-0.39, 0.29) is 0 Å². The first-order chi connectivity index (χ1) is 9.54. The molecule has 1 aliphatic heterocycles. The van der Waals surface area contributed by atoms with E-state index >= 15 is 0 Å². The zero-order valence-corrected chi connectivity index (χ0v) is 13.3. The smallest absolute Gasteiger partial charge is 0.323 e. The average Bonchev–Trinajstić information content (AvgIpc) is 2.62. The minimum absolute atomic E-state index is 0.638. The van der Waals surface area contributed by atoms with Gasteiger partial charge in [0.15, 0.2) is 0 Å². The van der Waals surface area contributed by atoms with Crippen LogP contribution in [0, 0.1) is 0 Å². The van der Waals surface area contributed by atoms with Crippen molar-refractivity contribution in [3.05, 3.63) is 0 Å². The van der Waals surface area contributed by atoms with E-state index in [2.05, 4.69) is 22.2 Å². The van der Waals surface area contributed by atoms with Crippen LogP contribution in [0.15, 0.2) is 0 Å². The standard InChI is InChI=1S/C15H31N3O2/c1-4-15(14(19)20,16-5-2)8-6-10-18-11-7-9-17(3)12-13-18/h16H,4-13H2,1-3H3,(H,19,20). The molecular formula is C15H31N3O2. The van der Waals surface area contributed by atoms with Crippen molar-refractivity contribution in [1.29, 1.82) is 0 Å². The zero-order valence-electron chi connectivity index (χ0n) is 13.3. The zero-order chi connectivity index (χ0) is 15.0. The summed E-state index contributed by atoms with van der Waals surface area (Å²) in [6, 6.07) is 0. The van der Waals surface area contributed by atoms with Gasteiger partial charge in [0.25, 0.3) is 0 Å². The maximum atomic E-state index is 11.5. The minimum Gasteiger partial charge on any atom is -0.480 e. The van der Waals surface area contributed by atoms with Crippen LogP contribution in [0.3, 0.4) is 0 Å². The highest BCUT2D eigenvalue weighted by atomic mass is 16.4. The lowest BCUT2D eigenvalue weighted by Crippen LogP contribution is -2.52. The van der Waals surface area contributed by atoms with E-state index < -0.39 is 11.5 Å². The highest BCUT2D eigenvalue weighted by molar-refractivity contribution is 5.78. The molecule has 0 aromatic rings. The highest BCUT2D eigenvalue weighted by Gasteiger charge is 2.35. The molecule has 118 valence electrons. The molecule has 5 nitrogen and oxygen atoms in total. The van der Waals surface area contributed by atoms with Crippen molar-refractivity contribution < 1.29 is 9.90 Å². The molecule has 0 saturated carbocycles. The number of carboxylic acid groups (broad SMARTS) is 1. The third kappa shape index (κ3) is 5.04. The molecule has 1 unspecified atom stereocenters. The van der Waals surface area contributed by atoms with E-state index in [1.165, 1.54) is 13.0 Å². The minimum atomic E-state index is -0.739. The molecule has 1 heterocycles. The van der Waals surface area contributed by atoms with Gasteiger partial charge in [0, 0.05) is 13.1 Å². The lowest BCUT2D eigenvalue weighted by molar-refractivity contribution is -0.145. The molecule has 0 aromatic heterocycles. The Morgan fingerprint density at radius 3 is 2.60 bits per heavy atom. The lowest BCUT2D eigenvalue weighted by atomic mass is 9.90. The normalized spacial score (nSPS) is 21.4. The number of nitrogens with one attached hydrogen (secondary N) is 1. The second kappa shape index (κ2) is 8.60. The molecule has 0 bridgehead atoms. The summed E-state index contributed by atoms with van der Waals surface area (Å²) in [5.74, 6) is -0.711. The summed E-state index contributed by atoms with van der Waals surface area (Å²) in [7, 11) is 2.17. The maximum absolute atomic E-state index is 11.5. The fourth-order valence-electron chi connectivity index (χ4n) is 2.99. The van der Waals surface area contributed by atoms with Gasteiger partial charge in [0.1, 0.15) is 5.54 Å². The summed E-state index contributed by atoms with van der Waals surface area (Å²) >= 11 is 0. The van der Waals surface area contributed by atoms with Crippen molar-refractivity contribution in [2.24, 2.45) is 0 Å². The molecule has 0 aromatic carbocycles. The van der Waals surface area contributed by atoms with Crippen molar-refractivity contribution >= 4 is 5.97 Å². The van der Waals surface area contributed by atoms with Crippen molar-refractivity contribution in [3.8, 4) is 0 Å². The first-order valence-corrected chi connectivity index (χ1v) is 7.93. The van der Waals surface area contributed by atoms with E-state index in [0.29, 0.717) is 19.4 Å². The second-order valence-electron chi connectivity index (χ2n) is 5.87. The van der Waals surface area contributed by atoms with E-state index in [1.54, 1.807) is 0 Å². The Hall–Kier alpha value is -0.650. The number of carbonyl (C=O) groups is 1. The predicted molar refractivity (Wildman–Crippen MR) is 82.1 cm³/mol. The molecule has 5 heteroatoms. The van der Waals surface area contributed by atoms with Gasteiger partial charge in [-0.3, -0.25) is 4.79 Å². The molecule has 0 aliphatic carbocycles. The van der Waals surface area contributed by atoms with Crippen molar-refractivity contribution in [2.75, 3.05) is 46.3 Å². The Kier molecular flexibility index (Phi) is 7.48. The van der Waals surface area contributed by atoms with Crippen LogP contribution in [0.1, 0.15) is 39.5 Å². The van der Waals surface area contributed by atoms with E-state index in [0.717, 1.165) is 32.6 Å². The number of nitrogens with zero attached hydrogens (tertiary/aromatic N) is 2. The summed E-state index contributed by atoms with van der Waals surface area (Å²) in [4.78, 5) is 16.4. The fraction of sp³-hybridized carbons (Fsp3) is 0.933. The largest absolute Gasteiger partial charge is 0.480 e. The van der Waals surface area contributed by atoms with Crippen LogP contribution >= 0.6 is 0 Å². The van der Waals surface area contributed by atoms with Crippen LogP contribution in [0.25, 0.3) is 0 Å². The molecule has 1 atom stereocenters. The Labute approximate surface area is 123 Å². The third-order valence-electron chi connectivity index (χ3n) is 4.42. The van der Waals surface area contributed by atoms with Crippen LogP contribution in [-0.2, 0) is 4.79 Å². The molecule has 1 fully saturated rings. The molecule has 1 saturated heterocycles. The molecular weight excluding hydrogens is 254 g/mol. The van der Waals surface area contributed by atoms with Crippen LogP contribution in [0.5, 0.6) is 0 Å². The quantitative estimate of drug-likeness (QED) is 0.703. The number of hydrogen-bond donors (Lipinski definition) is 2. The Morgan fingerprint density at radius 1 is 1.25 bits per heavy atom. The van der Waals surface area contributed by atoms with Crippen molar-refractivity contribution in [2.45, 2.75) is 45.1 Å². The summed E-state index contributed by atoms with van der Waals surface area (Å²) < 4.78 is 0. The molecule has 0 amide bonds. The average molecular weight is 285 g/mol. The summed E-state index contributed by atoms with van der Waals surface area (Å²) in [5.41, 5.74) is -0.739. The van der Waals surface area contributed by atoms with Gasteiger partial charge in [-0.15, -0.1) is 0 Å². The second-order valence-corrected chi connectivity index (χ2v) is 5.87. The Bertz CT molecular complexity index is 299. The third-order valence-corrected chi connectivity index (χ3v) is 4.42. The van der Waals surface area contributed by atoms with Gasteiger partial charge in [0.2, 0.25) is 0 Å². The molecule has 0 radical (unpaired) electrons. The van der Waals surface area contributed by atoms with Crippen LogP contribution in [-0.4, -0.2) is 72.7 Å². The van der Waals surface area contributed by atoms with E-state index in [1.807, 2.05) is 13.8 Å². The number of hydrogen-bond acceptors (Lipinski definition) is 4. The van der Waals surface area contributed by atoms with Gasteiger partial charge in [-0.1, -0.05) is 13.8 Å². The molecule has 1 rings (SSSR count). The van der Waals surface area contributed by atoms with Gasteiger partial charge in [-0.05, 0) is 58.9 Å². The van der Waals surface area contributed by atoms with Crippen molar-refractivity contribution in [3.63, 3.8) is 0 Å². The van der Waals surface area contributed by atoms with E-state index in [9.17, 15) is 9.90 Å². The van der Waals surface area contributed by atoms with Gasteiger partial charge >= 0.3 is 5.97 Å².